The van der Waals surface area contributed by atoms with Gasteiger partial charge in [-0.05, 0) is 18.6 Å². The van der Waals surface area contributed by atoms with E-state index in [9.17, 15) is 15.0 Å². The summed E-state index contributed by atoms with van der Waals surface area (Å²) in [4.78, 5) is 11.2. The molecule has 2 unspecified atom stereocenters. The molecule has 0 radical (unpaired) electrons. The van der Waals surface area contributed by atoms with Crippen LogP contribution in [-0.2, 0) is 4.79 Å². The number of rotatable bonds is 4. The third-order valence-electron chi connectivity index (χ3n) is 3.09. The molecule has 0 saturated heterocycles. The number of nitrogens with two attached hydrogens (primary N) is 1. The van der Waals surface area contributed by atoms with Crippen molar-refractivity contribution in [2.45, 2.75) is 25.3 Å². The fourth-order valence-electron chi connectivity index (χ4n) is 1.58. The molecule has 0 spiro atoms. The van der Waals surface area contributed by atoms with E-state index >= 15 is 0 Å². The zero-order valence-corrected chi connectivity index (χ0v) is 9.64. The molecule has 6 nitrogen and oxygen atoms in total. The zero-order chi connectivity index (χ0) is 13.2. The average molecular weight is 240 g/mol. The van der Waals surface area contributed by atoms with Crippen molar-refractivity contribution < 1.29 is 20.1 Å². The summed E-state index contributed by atoms with van der Waals surface area (Å²) in [5.41, 5.74) is 1.23. The van der Waals surface area contributed by atoms with Crippen LogP contribution in [0.2, 0.25) is 0 Å². The van der Waals surface area contributed by atoms with Gasteiger partial charge in [0.05, 0.1) is 0 Å². The summed E-state index contributed by atoms with van der Waals surface area (Å²) in [6.45, 7) is 3.05. The minimum absolute atomic E-state index is 0.0869. The maximum absolute atomic E-state index is 11.2. The lowest BCUT2D eigenvalue weighted by Crippen LogP contribution is -2.56. The first kappa shape index (κ1) is 13.3. The largest absolute Gasteiger partial charge is 0.508 e. The first-order valence-corrected chi connectivity index (χ1v) is 5.06. The highest BCUT2D eigenvalue weighted by molar-refractivity contribution is 5.80. The van der Waals surface area contributed by atoms with E-state index in [0.29, 0.717) is 5.56 Å². The number of hydrogen-bond donors (Lipinski definition) is 5. The number of phenolic OH excluding ortho intramolecular Hbond substituents is 2. The summed E-state index contributed by atoms with van der Waals surface area (Å²) in [5, 5.41) is 28.0. The molecule has 6 heteroatoms. The molecule has 2 atom stereocenters. The molecule has 6 N–H and O–H groups in total. The Kier molecular flexibility index (Phi) is 3.59. The number of benzene rings is 1. The third kappa shape index (κ3) is 2.32. The standard InChI is InChI=1S/C11H16N2O4/c1-6(11(2,13-12)10(16)17)8-4-3-7(14)5-9(8)15/h3-6,13-15H,12H2,1-2H3,(H,16,17). The number of aromatic hydroxyl groups is 2. The molecule has 94 valence electrons. The summed E-state index contributed by atoms with van der Waals surface area (Å²) in [6, 6.07) is 4.00. The van der Waals surface area contributed by atoms with Gasteiger partial charge in [0.2, 0.25) is 0 Å². The Balaban J connectivity index is 3.19. The van der Waals surface area contributed by atoms with Crippen molar-refractivity contribution in [1.29, 1.82) is 0 Å². The van der Waals surface area contributed by atoms with Crippen molar-refractivity contribution in [3.8, 4) is 11.5 Å². The van der Waals surface area contributed by atoms with Crippen LogP contribution < -0.4 is 11.3 Å². The quantitative estimate of drug-likeness (QED) is 0.387. The number of carboxylic acids is 1. The van der Waals surface area contributed by atoms with Crippen LogP contribution in [-0.4, -0.2) is 26.8 Å². The predicted octanol–water partition coefficient (Wildman–Crippen LogP) is 0.508. The summed E-state index contributed by atoms with van der Waals surface area (Å²) >= 11 is 0. The minimum Gasteiger partial charge on any atom is -0.508 e. The maximum Gasteiger partial charge on any atom is 0.325 e. The fraction of sp³-hybridized carbons (Fsp3) is 0.364. The van der Waals surface area contributed by atoms with Crippen LogP contribution in [0.3, 0.4) is 0 Å². The van der Waals surface area contributed by atoms with Gasteiger partial charge in [-0.2, -0.15) is 0 Å². The second-order valence-corrected chi connectivity index (χ2v) is 4.12. The van der Waals surface area contributed by atoms with Gasteiger partial charge in [0, 0.05) is 12.0 Å². The minimum atomic E-state index is -1.41. The number of carbonyl (C=O) groups is 1. The highest BCUT2D eigenvalue weighted by Crippen LogP contribution is 2.35. The van der Waals surface area contributed by atoms with Crippen molar-refractivity contribution in [2.75, 3.05) is 0 Å². The molecule has 0 aliphatic heterocycles. The lowest BCUT2D eigenvalue weighted by Gasteiger charge is -2.31. The molecule has 0 saturated carbocycles. The lowest BCUT2D eigenvalue weighted by molar-refractivity contribution is -0.145. The topological polar surface area (TPSA) is 116 Å². The van der Waals surface area contributed by atoms with E-state index in [-0.39, 0.29) is 11.5 Å². The van der Waals surface area contributed by atoms with E-state index in [2.05, 4.69) is 5.43 Å². The molecule has 0 aliphatic rings. The molecule has 1 rings (SSSR count). The van der Waals surface area contributed by atoms with Gasteiger partial charge in [-0.15, -0.1) is 0 Å². The molecule has 0 amide bonds. The van der Waals surface area contributed by atoms with Gasteiger partial charge in [0.25, 0.3) is 0 Å². The molecule has 0 aliphatic carbocycles. The Morgan fingerprint density at radius 3 is 2.47 bits per heavy atom. The Hall–Kier alpha value is -1.79. The second-order valence-electron chi connectivity index (χ2n) is 4.12. The first-order chi connectivity index (χ1) is 7.82. The van der Waals surface area contributed by atoms with Gasteiger partial charge >= 0.3 is 5.97 Å². The number of hydrogen-bond acceptors (Lipinski definition) is 5. The lowest BCUT2D eigenvalue weighted by atomic mass is 9.82. The van der Waals surface area contributed by atoms with Crippen LogP contribution in [0.5, 0.6) is 11.5 Å². The van der Waals surface area contributed by atoms with Crippen molar-refractivity contribution in [3.63, 3.8) is 0 Å². The predicted molar refractivity (Wildman–Crippen MR) is 61.6 cm³/mol. The van der Waals surface area contributed by atoms with E-state index in [1.54, 1.807) is 6.92 Å². The highest BCUT2D eigenvalue weighted by atomic mass is 16.4. The van der Waals surface area contributed by atoms with E-state index < -0.39 is 17.4 Å². The van der Waals surface area contributed by atoms with E-state index in [1.165, 1.54) is 19.1 Å². The molecule has 1 aromatic carbocycles. The SMILES string of the molecule is CC(c1ccc(O)cc1O)C(C)(NN)C(=O)O. The van der Waals surface area contributed by atoms with Gasteiger partial charge in [-0.1, -0.05) is 13.0 Å². The Labute approximate surface area is 98.7 Å². The monoisotopic (exact) mass is 240 g/mol. The van der Waals surface area contributed by atoms with Crippen LogP contribution in [0.1, 0.15) is 25.3 Å². The number of aliphatic carboxylic acids is 1. The van der Waals surface area contributed by atoms with Crippen LogP contribution in [0, 0.1) is 0 Å². The maximum atomic E-state index is 11.2. The molecule has 0 bridgehead atoms. The van der Waals surface area contributed by atoms with Crippen molar-refractivity contribution in [3.05, 3.63) is 23.8 Å². The molecular weight excluding hydrogens is 224 g/mol. The third-order valence-corrected chi connectivity index (χ3v) is 3.09. The summed E-state index contributed by atoms with van der Waals surface area (Å²) < 4.78 is 0. The number of nitrogens with one attached hydrogen (secondary N) is 1. The van der Waals surface area contributed by atoms with Crippen LogP contribution in [0.25, 0.3) is 0 Å². The smallest absolute Gasteiger partial charge is 0.325 e. The van der Waals surface area contributed by atoms with E-state index in [0.717, 1.165) is 6.07 Å². The first-order valence-electron chi connectivity index (χ1n) is 5.06. The molecule has 17 heavy (non-hydrogen) atoms. The van der Waals surface area contributed by atoms with Gasteiger partial charge in [-0.3, -0.25) is 10.6 Å². The molecule has 0 aromatic heterocycles. The summed E-state index contributed by atoms with van der Waals surface area (Å²) in [7, 11) is 0. The zero-order valence-electron chi connectivity index (χ0n) is 9.64. The summed E-state index contributed by atoms with van der Waals surface area (Å²) in [6.07, 6.45) is 0. The van der Waals surface area contributed by atoms with E-state index in [4.69, 9.17) is 10.9 Å². The van der Waals surface area contributed by atoms with Crippen molar-refractivity contribution in [2.24, 2.45) is 5.84 Å². The van der Waals surface area contributed by atoms with E-state index in [1.807, 2.05) is 0 Å². The number of phenols is 2. The Morgan fingerprint density at radius 1 is 1.47 bits per heavy atom. The Morgan fingerprint density at radius 2 is 2.06 bits per heavy atom. The van der Waals surface area contributed by atoms with Crippen molar-refractivity contribution >= 4 is 5.97 Å². The number of carboxylic acid groups (broad SMARTS) is 1. The van der Waals surface area contributed by atoms with Crippen LogP contribution >= 0.6 is 0 Å². The van der Waals surface area contributed by atoms with Crippen molar-refractivity contribution in [1.82, 2.24) is 5.43 Å². The summed E-state index contributed by atoms with van der Waals surface area (Å²) in [5.74, 6) is 3.31. The highest BCUT2D eigenvalue weighted by Gasteiger charge is 2.39. The van der Waals surface area contributed by atoms with Gasteiger partial charge in [0.1, 0.15) is 17.0 Å². The van der Waals surface area contributed by atoms with Gasteiger partial charge in [0.15, 0.2) is 0 Å². The Bertz CT molecular complexity index is 435. The molecule has 0 heterocycles. The average Bonchev–Trinajstić information content (AvgIpc) is 2.26. The number of hydrazine groups is 1. The molecule has 1 aromatic rings. The fourth-order valence-corrected chi connectivity index (χ4v) is 1.58. The molecular formula is C11H16N2O4. The van der Waals surface area contributed by atoms with Gasteiger partial charge in [-0.25, -0.2) is 5.43 Å². The molecule has 0 fully saturated rings. The van der Waals surface area contributed by atoms with Crippen LogP contribution in [0.15, 0.2) is 18.2 Å². The van der Waals surface area contributed by atoms with Gasteiger partial charge < -0.3 is 15.3 Å². The van der Waals surface area contributed by atoms with Crippen LogP contribution in [0.4, 0.5) is 0 Å². The second kappa shape index (κ2) is 4.60. The normalized spacial score (nSPS) is 16.2.